The Morgan fingerprint density at radius 3 is 2.44 bits per heavy atom. The van der Waals surface area contributed by atoms with Crippen molar-refractivity contribution < 1.29 is 4.74 Å². The van der Waals surface area contributed by atoms with Crippen LogP contribution in [0.5, 0.6) is 5.75 Å². The molecule has 0 fully saturated rings. The van der Waals surface area contributed by atoms with Gasteiger partial charge in [-0.15, -0.1) is 0 Å². The second-order valence-corrected chi connectivity index (χ2v) is 4.21. The largest absolute Gasteiger partial charge is 0.497 e. The summed E-state index contributed by atoms with van der Waals surface area (Å²) in [6.07, 6.45) is 0. The summed E-state index contributed by atoms with van der Waals surface area (Å²) in [6.45, 7) is 0. The molecule has 2 rings (SSSR count). The molecule has 1 atom stereocenters. The zero-order chi connectivity index (χ0) is 11.4. The highest BCUT2D eigenvalue weighted by molar-refractivity contribution is 7.08. The lowest BCUT2D eigenvalue weighted by Gasteiger charge is -2.15. The smallest absolute Gasteiger partial charge is 0.118 e. The van der Waals surface area contributed by atoms with Gasteiger partial charge < -0.3 is 4.74 Å². The normalized spacial score (nSPS) is 12.4. The highest BCUT2D eigenvalue weighted by atomic mass is 32.1. The zero-order valence-electron chi connectivity index (χ0n) is 9.01. The van der Waals surface area contributed by atoms with E-state index in [1.54, 1.807) is 18.4 Å². The van der Waals surface area contributed by atoms with Crippen LogP contribution in [0.15, 0.2) is 41.1 Å². The lowest BCUT2D eigenvalue weighted by molar-refractivity contribution is 0.414. The molecule has 0 amide bonds. The van der Waals surface area contributed by atoms with Crippen molar-refractivity contribution in [3.63, 3.8) is 0 Å². The van der Waals surface area contributed by atoms with Gasteiger partial charge in [-0.25, -0.2) is 5.43 Å². The molecule has 0 radical (unpaired) electrons. The molecule has 84 valence electrons. The van der Waals surface area contributed by atoms with E-state index in [-0.39, 0.29) is 6.04 Å². The molecule has 0 saturated carbocycles. The Morgan fingerprint density at radius 1 is 1.19 bits per heavy atom. The molecule has 0 spiro atoms. The van der Waals surface area contributed by atoms with Crippen LogP contribution in [-0.2, 0) is 0 Å². The molecule has 1 aromatic heterocycles. The third-order valence-corrected chi connectivity index (χ3v) is 3.19. The number of benzene rings is 1. The van der Waals surface area contributed by atoms with Gasteiger partial charge in [0.1, 0.15) is 5.75 Å². The van der Waals surface area contributed by atoms with Crippen molar-refractivity contribution in [1.82, 2.24) is 5.43 Å². The third-order valence-electron chi connectivity index (χ3n) is 2.49. The van der Waals surface area contributed by atoms with Gasteiger partial charge in [-0.1, -0.05) is 12.1 Å². The minimum atomic E-state index is 0.0390. The van der Waals surface area contributed by atoms with Gasteiger partial charge in [0.2, 0.25) is 0 Å². The van der Waals surface area contributed by atoms with E-state index in [0.717, 1.165) is 11.3 Å². The first-order chi connectivity index (χ1) is 7.85. The van der Waals surface area contributed by atoms with Crippen LogP contribution in [0.2, 0.25) is 0 Å². The van der Waals surface area contributed by atoms with Gasteiger partial charge in [0, 0.05) is 0 Å². The zero-order valence-corrected chi connectivity index (χ0v) is 9.83. The summed E-state index contributed by atoms with van der Waals surface area (Å²) in [7, 11) is 1.66. The van der Waals surface area contributed by atoms with Crippen LogP contribution in [0.1, 0.15) is 17.2 Å². The first-order valence-electron chi connectivity index (χ1n) is 4.97. The average Bonchev–Trinajstić information content (AvgIpc) is 2.85. The van der Waals surface area contributed by atoms with Crippen molar-refractivity contribution in [2.24, 2.45) is 5.84 Å². The van der Waals surface area contributed by atoms with E-state index >= 15 is 0 Å². The van der Waals surface area contributed by atoms with Crippen LogP contribution < -0.4 is 16.0 Å². The van der Waals surface area contributed by atoms with Crippen LogP contribution in [0.3, 0.4) is 0 Å². The molecule has 1 heterocycles. The maximum atomic E-state index is 5.59. The average molecular weight is 234 g/mol. The summed E-state index contributed by atoms with van der Waals surface area (Å²) in [5.74, 6) is 6.44. The lowest BCUT2D eigenvalue weighted by atomic mass is 10.0. The van der Waals surface area contributed by atoms with Gasteiger partial charge in [0.15, 0.2) is 0 Å². The van der Waals surface area contributed by atoms with Crippen LogP contribution in [0.25, 0.3) is 0 Å². The van der Waals surface area contributed by atoms with Gasteiger partial charge in [-0.05, 0) is 40.1 Å². The van der Waals surface area contributed by atoms with E-state index in [0.29, 0.717) is 0 Å². The summed E-state index contributed by atoms with van der Waals surface area (Å²) in [5.41, 5.74) is 5.13. The van der Waals surface area contributed by atoms with Crippen molar-refractivity contribution in [3.8, 4) is 5.75 Å². The van der Waals surface area contributed by atoms with E-state index in [9.17, 15) is 0 Å². The van der Waals surface area contributed by atoms with Gasteiger partial charge in [0.05, 0.1) is 13.2 Å². The number of thiophene rings is 1. The molecule has 0 aliphatic heterocycles. The number of rotatable bonds is 4. The minimum Gasteiger partial charge on any atom is -0.497 e. The van der Waals surface area contributed by atoms with E-state index in [4.69, 9.17) is 10.6 Å². The minimum absolute atomic E-state index is 0.0390. The van der Waals surface area contributed by atoms with Crippen molar-refractivity contribution in [2.45, 2.75) is 6.04 Å². The summed E-state index contributed by atoms with van der Waals surface area (Å²) in [5, 5.41) is 4.14. The highest BCUT2D eigenvalue weighted by Crippen LogP contribution is 2.24. The molecule has 0 bridgehead atoms. The Hall–Kier alpha value is -1.36. The van der Waals surface area contributed by atoms with Crippen molar-refractivity contribution in [3.05, 3.63) is 52.2 Å². The highest BCUT2D eigenvalue weighted by Gasteiger charge is 2.12. The SMILES string of the molecule is COc1ccc(C(NN)c2ccsc2)cc1. The lowest BCUT2D eigenvalue weighted by Crippen LogP contribution is -2.28. The predicted molar refractivity (Wildman–Crippen MR) is 66.5 cm³/mol. The maximum Gasteiger partial charge on any atom is 0.118 e. The number of hydrogen-bond donors (Lipinski definition) is 2. The number of nitrogens with two attached hydrogens (primary N) is 1. The van der Waals surface area contributed by atoms with Gasteiger partial charge in [-0.3, -0.25) is 5.84 Å². The van der Waals surface area contributed by atoms with Crippen LogP contribution in [0, 0.1) is 0 Å². The Balaban J connectivity index is 2.27. The number of methoxy groups -OCH3 is 1. The summed E-state index contributed by atoms with van der Waals surface area (Å²) < 4.78 is 5.12. The second kappa shape index (κ2) is 5.12. The van der Waals surface area contributed by atoms with Gasteiger partial charge in [0.25, 0.3) is 0 Å². The Kier molecular flexibility index (Phi) is 3.56. The van der Waals surface area contributed by atoms with Gasteiger partial charge >= 0.3 is 0 Å². The van der Waals surface area contributed by atoms with Crippen molar-refractivity contribution in [1.29, 1.82) is 0 Å². The molecule has 0 aliphatic carbocycles. The molecule has 0 saturated heterocycles. The van der Waals surface area contributed by atoms with Crippen molar-refractivity contribution >= 4 is 11.3 Å². The molecular formula is C12H14N2OS. The second-order valence-electron chi connectivity index (χ2n) is 3.43. The topological polar surface area (TPSA) is 47.3 Å². The fourth-order valence-electron chi connectivity index (χ4n) is 1.62. The molecule has 3 nitrogen and oxygen atoms in total. The summed E-state index contributed by atoms with van der Waals surface area (Å²) in [4.78, 5) is 0. The monoisotopic (exact) mass is 234 g/mol. The maximum absolute atomic E-state index is 5.59. The molecule has 1 aromatic carbocycles. The van der Waals surface area contributed by atoms with E-state index in [1.807, 2.05) is 29.6 Å². The molecule has 1 unspecified atom stereocenters. The molecule has 0 aliphatic rings. The first kappa shape index (κ1) is 11.1. The number of nitrogens with one attached hydrogen (secondary N) is 1. The van der Waals surface area contributed by atoms with E-state index < -0.39 is 0 Å². The van der Waals surface area contributed by atoms with Crippen LogP contribution >= 0.6 is 11.3 Å². The van der Waals surface area contributed by atoms with E-state index in [1.165, 1.54) is 5.56 Å². The number of ether oxygens (including phenoxy) is 1. The van der Waals surface area contributed by atoms with E-state index in [2.05, 4.69) is 16.9 Å². The van der Waals surface area contributed by atoms with Crippen LogP contribution in [0.4, 0.5) is 0 Å². The molecule has 4 heteroatoms. The molecule has 2 aromatic rings. The predicted octanol–water partition coefficient (Wildman–Crippen LogP) is 2.31. The summed E-state index contributed by atoms with van der Waals surface area (Å²) in [6, 6.07) is 10.0. The fraction of sp³-hybridized carbons (Fsp3) is 0.167. The fourth-order valence-corrected chi connectivity index (χ4v) is 2.31. The molecule has 3 N–H and O–H groups in total. The number of hydrazine groups is 1. The quantitative estimate of drug-likeness (QED) is 0.630. The Labute approximate surface area is 98.8 Å². The first-order valence-corrected chi connectivity index (χ1v) is 5.91. The summed E-state index contributed by atoms with van der Waals surface area (Å²) >= 11 is 1.67. The Bertz CT molecular complexity index is 425. The van der Waals surface area contributed by atoms with Crippen molar-refractivity contribution in [2.75, 3.05) is 7.11 Å². The van der Waals surface area contributed by atoms with Crippen LogP contribution in [-0.4, -0.2) is 7.11 Å². The Morgan fingerprint density at radius 2 is 1.94 bits per heavy atom. The van der Waals surface area contributed by atoms with Gasteiger partial charge in [-0.2, -0.15) is 11.3 Å². The number of hydrogen-bond acceptors (Lipinski definition) is 4. The third kappa shape index (κ3) is 2.24. The molecular weight excluding hydrogens is 220 g/mol. The standard InChI is InChI=1S/C12H14N2OS/c1-15-11-4-2-9(3-5-11)12(14-13)10-6-7-16-8-10/h2-8,12,14H,13H2,1H3. The molecule has 16 heavy (non-hydrogen) atoms.